The van der Waals surface area contributed by atoms with Crippen LogP contribution in [0.2, 0.25) is 0 Å². The molecule has 2 heterocycles. The number of amides is 2. The summed E-state index contributed by atoms with van der Waals surface area (Å²) in [5.41, 5.74) is 3.19. The van der Waals surface area contributed by atoms with E-state index in [1.54, 1.807) is 0 Å². The molecule has 6 heteroatoms. The molecule has 6 nitrogen and oxygen atoms in total. The van der Waals surface area contributed by atoms with E-state index in [1.165, 1.54) is 0 Å². The lowest BCUT2D eigenvalue weighted by Crippen LogP contribution is -2.27. The summed E-state index contributed by atoms with van der Waals surface area (Å²) in [6.45, 7) is 2.15. The molecule has 2 aliphatic rings. The molecule has 2 aliphatic heterocycles. The molecule has 0 unspecified atom stereocenters. The third-order valence-corrected chi connectivity index (χ3v) is 5.20. The van der Waals surface area contributed by atoms with E-state index in [2.05, 4.69) is 5.32 Å². The van der Waals surface area contributed by atoms with Gasteiger partial charge in [0.05, 0.1) is 0 Å². The Bertz CT molecular complexity index is 881. The summed E-state index contributed by atoms with van der Waals surface area (Å²) in [5, 5.41) is 3.00. The molecule has 1 saturated heterocycles. The minimum Gasteiger partial charge on any atom is -0.454 e. The number of rotatable bonds is 7. The van der Waals surface area contributed by atoms with Gasteiger partial charge in [-0.3, -0.25) is 9.59 Å². The van der Waals surface area contributed by atoms with Crippen LogP contribution in [0, 0.1) is 0 Å². The maximum absolute atomic E-state index is 12.3. The zero-order chi connectivity index (χ0) is 19.3. The van der Waals surface area contributed by atoms with Crippen molar-refractivity contribution in [2.45, 2.75) is 38.8 Å². The Hall–Kier alpha value is -3.02. The van der Waals surface area contributed by atoms with E-state index in [9.17, 15) is 9.59 Å². The summed E-state index contributed by atoms with van der Waals surface area (Å²) in [5.74, 6) is 1.71. The molecule has 2 aromatic carbocycles. The van der Waals surface area contributed by atoms with Crippen LogP contribution in [0.15, 0.2) is 42.5 Å². The van der Waals surface area contributed by atoms with Crippen LogP contribution >= 0.6 is 0 Å². The molecule has 0 aromatic heterocycles. The van der Waals surface area contributed by atoms with E-state index < -0.39 is 0 Å². The fraction of sp³-hybridized carbons (Fsp3) is 0.364. The monoisotopic (exact) mass is 380 g/mol. The molecule has 4 rings (SSSR count). The Morgan fingerprint density at radius 1 is 1.07 bits per heavy atom. The molecule has 2 amide bonds. The highest BCUT2D eigenvalue weighted by Crippen LogP contribution is 2.32. The van der Waals surface area contributed by atoms with Gasteiger partial charge in [-0.05, 0) is 41.7 Å². The van der Waals surface area contributed by atoms with E-state index in [4.69, 9.17) is 9.47 Å². The first-order valence-corrected chi connectivity index (χ1v) is 9.69. The van der Waals surface area contributed by atoms with Gasteiger partial charge in [0, 0.05) is 32.5 Å². The minimum atomic E-state index is 0.00437. The molecular formula is C22H24N2O4. The van der Waals surface area contributed by atoms with Gasteiger partial charge in [-0.15, -0.1) is 0 Å². The summed E-state index contributed by atoms with van der Waals surface area (Å²) in [4.78, 5) is 26.1. The Morgan fingerprint density at radius 2 is 1.89 bits per heavy atom. The van der Waals surface area contributed by atoms with Crippen LogP contribution < -0.4 is 14.8 Å². The second kappa shape index (κ2) is 8.33. The number of carbonyl (C=O) groups excluding carboxylic acids is 2. The molecule has 146 valence electrons. The smallest absolute Gasteiger partial charge is 0.231 e. The first kappa shape index (κ1) is 18.3. The fourth-order valence-electron chi connectivity index (χ4n) is 3.60. The molecule has 0 spiro atoms. The lowest BCUT2D eigenvalue weighted by atomic mass is 10.1. The van der Waals surface area contributed by atoms with Gasteiger partial charge in [0.1, 0.15) is 0 Å². The van der Waals surface area contributed by atoms with Gasteiger partial charge in [0.25, 0.3) is 0 Å². The van der Waals surface area contributed by atoms with Crippen molar-refractivity contribution in [1.82, 2.24) is 10.2 Å². The van der Waals surface area contributed by atoms with Crippen molar-refractivity contribution in [1.29, 1.82) is 0 Å². The van der Waals surface area contributed by atoms with E-state index in [-0.39, 0.29) is 18.6 Å². The Kier molecular flexibility index (Phi) is 5.46. The zero-order valence-electron chi connectivity index (χ0n) is 15.8. The average molecular weight is 380 g/mol. The Morgan fingerprint density at radius 3 is 2.71 bits per heavy atom. The molecule has 0 aliphatic carbocycles. The number of fused-ring (bicyclic) bond motifs is 1. The zero-order valence-corrected chi connectivity index (χ0v) is 15.8. The van der Waals surface area contributed by atoms with Gasteiger partial charge in [-0.2, -0.15) is 0 Å². The SMILES string of the molecule is O=C(CCc1ccc2c(c1)OCO2)NCc1ccccc1CN1CCCC1=O. The molecular weight excluding hydrogens is 356 g/mol. The predicted molar refractivity (Wildman–Crippen MR) is 104 cm³/mol. The summed E-state index contributed by atoms with van der Waals surface area (Å²) in [6.07, 6.45) is 2.62. The molecule has 1 fully saturated rings. The van der Waals surface area contributed by atoms with Gasteiger partial charge >= 0.3 is 0 Å². The average Bonchev–Trinajstić information content (AvgIpc) is 3.34. The van der Waals surface area contributed by atoms with Crippen molar-refractivity contribution in [3.8, 4) is 11.5 Å². The van der Waals surface area contributed by atoms with Crippen molar-refractivity contribution >= 4 is 11.8 Å². The largest absolute Gasteiger partial charge is 0.454 e. The summed E-state index contributed by atoms with van der Waals surface area (Å²) in [7, 11) is 0. The molecule has 0 radical (unpaired) electrons. The van der Waals surface area contributed by atoms with Crippen LogP contribution in [-0.2, 0) is 29.1 Å². The number of benzene rings is 2. The van der Waals surface area contributed by atoms with Gasteiger partial charge in [0.2, 0.25) is 18.6 Å². The maximum Gasteiger partial charge on any atom is 0.231 e. The van der Waals surface area contributed by atoms with Crippen LogP contribution in [0.3, 0.4) is 0 Å². The second-order valence-electron chi connectivity index (χ2n) is 7.15. The highest BCUT2D eigenvalue weighted by molar-refractivity contribution is 5.78. The molecule has 28 heavy (non-hydrogen) atoms. The highest BCUT2D eigenvalue weighted by Gasteiger charge is 2.21. The van der Waals surface area contributed by atoms with Crippen LogP contribution in [-0.4, -0.2) is 30.1 Å². The maximum atomic E-state index is 12.3. The number of hydrogen-bond acceptors (Lipinski definition) is 4. The third kappa shape index (κ3) is 4.27. The molecule has 0 saturated carbocycles. The minimum absolute atomic E-state index is 0.00437. The summed E-state index contributed by atoms with van der Waals surface area (Å²) in [6, 6.07) is 13.7. The Balaban J connectivity index is 1.29. The number of aryl methyl sites for hydroxylation is 1. The van der Waals surface area contributed by atoms with Crippen molar-refractivity contribution < 1.29 is 19.1 Å². The van der Waals surface area contributed by atoms with E-state index in [0.717, 1.165) is 41.2 Å². The number of nitrogens with one attached hydrogen (secondary N) is 1. The van der Waals surface area contributed by atoms with E-state index >= 15 is 0 Å². The highest BCUT2D eigenvalue weighted by atomic mass is 16.7. The quantitative estimate of drug-likeness (QED) is 0.802. The first-order valence-electron chi connectivity index (χ1n) is 9.69. The number of carbonyl (C=O) groups is 2. The lowest BCUT2D eigenvalue weighted by molar-refractivity contribution is -0.128. The summed E-state index contributed by atoms with van der Waals surface area (Å²) >= 11 is 0. The van der Waals surface area contributed by atoms with Gasteiger partial charge in [-0.1, -0.05) is 30.3 Å². The normalized spacial score (nSPS) is 15.1. The standard InChI is InChI=1S/C22H24N2O4/c25-21(10-8-16-7-9-19-20(12-16)28-15-27-19)23-13-17-4-1-2-5-18(17)14-24-11-3-6-22(24)26/h1-2,4-5,7,9,12H,3,6,8,10-11,13-15H2,(H,23,25). The van der Waals surface area contributed by atoms with Gasteiger partial charge in [-0.25, -0.2) is 0 Å². The molecule has 1 N–H and O–H groups in total. The van der Waals surface area contributed by atoms with E-state index in [0.29, 0.717) is 32.4 Å². The molecule has 2 aromatic rings. The lowest BCUT2D eigenvalue weighted by Gasteiger charge is -2.18. The second-order valence-corrected chi connectivity index (χ2v) is 7.15. The molecule has 0 atom stereocenters. The van der Waals surface area contributed by atoms with Crippen molar-refractivity contribution in [3.63, 3.8) is 0 Å². The number of hydrogen-bond donors (Lipinski definition) is 1. The number of nitrogens with zero attached hydrogens (tertiary/aromatic N) is 1. The fourth-order valence-corrected chi connectivity index (χ4v) is 3.60. The van der Waals surface area contributed by atoms with Gasteiger partial charge < -0.3 is 19.7 Å². The van der Waals surface area contributed by atoms with Crippen LogP contribution in [0.5, 0.6) is 11.5 Å². The summed E-state index contributed by atoms with van der Waals surface area (Å²) < 4.78 is 10.7. The van der Waals surface area contributed by atoms with Crippen molar-refractivity contribution in [3.05, 3.63) is 59.2 Å². The van der Waals surface area contributed by atoms with Crippen LogP contribution in [0.4, 0.5) is 0 Å². The number of ether oxygens (including phenoxy) is 2. The Labute approximate surface area is 164 Å². The number of likely N-dealkylation sites (tertiary alicyclic amines) is 1. The van der Waals surface area contributed by atoms with Gasteiger partial charge in [0.15, 0.2) is 11.5 Å². The van der Waals surface area contributed by atoms with Crippen molar-refractivity contribution in [2.24, 2.45) is 0 Å². The van der Waals surface area contributed by atoms with Crippen LogP contribution in [0.1, 0.15) is 36.0 Å². The predicted octanol–water partition coefficient (Wildman–Crippen LogP) is 2.79. The van der Waals surface area contributed by atoms with Crippen molar-refractivity contribution in [2.75, 3.05) is 13.3 Å². The third-order valence-electron chi connectivity index (χ3n) is 5.20. The van der Waals surface area contributed by atoms with Crippen LogP contribution in [0.25, 0.3) is 0 Å². The first-order chi connectivity index (χ1) is 13.7. The topological polar surface area (TPSA) is 67.9 Å². The van der Waals surface area contributed by atoms with E-state index in [1.807, 2.05) is 47.4 Å². The molecule has 0 bridgehead atoms.